The molecule has 0 aromatic heterocycles. The van der Waals surface area contributed by atoms with E-state index in [0.717, 1.165) is 5.56 Å². The Morgan fingerprint density at radius 1 is 1.03 bits per heavy atom. The minimum atomic E-state index is -3.78. The molecule has 1 aliphatic heterocycles. The summed E-state index contributed by atoms with van der Waals surface area (Å²) in [5.74, 6) is -0.506. The van der Waals surface area contributed by atoms with Crippen molar-refractivity contribution in [1.82, 2.24) is 14.5 Å². The lowest BCUT2D eigenvalue weighted by atomic mass is 10.1. The Morgan fingerprint density at radius 3 is 2.26 bits per heavy atom. The topological polar surface area (TPSA) is 69.7 Å². The Bertz CT molecular complexity index is 1040. The summed E-state index contributed by atoms with van der Waals surface area (Å²) in [5, 5.41) is 3.12. The van der Waals surface area contributed by atoms with Gasteiger partial charge in [-0.3, -0.25) is 9.69 Å². The number of benzene rings is 2. The molecule has 0 bridgehead atoms. The minimum Gasteiger partial charge on any atom is -0.348 e. The molecule has 2 unspecified atom stereocenters. The van der Waals surface area contributed by atoms with Crippen molar-refractivity contribution in [2.75, 3.05) is 26.2 Å². The number of hydrogen-bond donors (Lipinski definition) is 1. The van der Waals surface area contributed by atoms with Gasteiger partial charge in [-0.25, -0.2) is 12.8 Å². The summed E-state index contributed by atoms with van der Waals surface area (Å²) in [4.78, 5) is 14.6. The zero-order valence-corrected chi connectivity index (χ0v) is 19.5. The fourth-order valence-corrected chi connectivity index (χ4v) is 5.65. The van der Waals surface area contributed by atoms with E-state index in [1.165, 1.54) is 28.6 Å². The van der Waals surface area contributed by atoms with Crippen molar-refractivity contribution in [1.29, 1.82) is 0 Å². The monoisotopic (exact) mass is 487 g/mol. The quantitative estimate of drug-likeness (QED) is 0.674. The average Bonchev–Trinajstić information content (AvgIpc) is 2.75. The molecule has 0 spiro atoms. The van der Waals surface area contributed by atoms with Gasteiger partial charge in [0.25, 0.3) is 0 Å². The fraction of sp³-hybridized carbons (Fsp3) is 0.381. The lowest BCUT2D eigenvalue weighted by Crippen LogP contribution is -2.55. The molecule has 0 radical (unpaired) electrons. The Morgan fingerprint density at radius 2 is 1.65 bits per heavy atom. The second kappa shape index (κ2) is 9.83. The summed E-state index contributed by atoms with van der Waals surface area (Å²) >= 11 is 12.1. The number of carbonyl (C=O) groups excluding carboxylic acids is 1. The van der Waals surface area contributed by atoms with Gasteiger partial charge < -0.3 is 5.32 Å². The van der Waals surface area contributed by atoms with Gasteiger partial charge in [-0.1, -0.05) is 41.4 Å². The first kappa shape index (κ1) is 23.9. The smallest absolute Gasteiger partial charge is 0.244 e. The van der Waals surface area contributed by atoms with Gasteiger partial charge in [0, 0.05) is 26.2 Å². The normalized spacial score (nSPS) is 17.8. The maximum absolute atomic E-state index is 13.1. The van der Waals surface area contributed by atoms with E-state index in [-0.39, 0.29) is 45.8 Å². The van der Waals surface area contributed by atoms with Gasteiger partial charge in [0.2, 0.25) is 15.9 Å². The van der Waals surface area contributed by atoms with E-state index in [1.807, 2.05) is 11.8 Å². The highest BCUT2D eigenvalue weighted by Crippen LogP contribution is 2.31. The molecular formula is C21H24Cl2FN3O3S. The molecule has 1 fully saturated rings. The van der Waals surface area contributed by atoms with E-state index in [9.17, 15) is 17.6 Å². The van der Waals surface area contributed by atoms with Crippen LogP contribution in [-0.4, -0.2) is 55.8 Å². The molecule has 10 heteroatoms. The Labute approximate surface area is 192 Å². The second-order valence-electron chi connectivity index (χ2n) is 7.45. The number of rotatable bonds is 6. The van der Waals surface area contributed by atoms with Crippen LogP contribution in [0.3, 0.4) is 0 Å². The minimum absolute atomic E-state index is 0.00845. The second-order valence-corrected chi connectivity index (χ2v) is 10.1. The number of amides is 1. The standard InChI is InChI=1S/C21H24Cl2FN3O3S/c1-14(16-6-8-17(24)9-7-16)25-21(28)15(2)26-10-12-27(13-11-26)31(29,30)19-5-3-4-18(22)20(19)23/h3-9,14-15H,10-13H2,1-2H3,(H,25,28). The Hall–Kier alpha value is -1.71. The van der Waals surface area contributed by atoms with Gasteiger partial charge in [-0.2, -0.15) is 4.31 Å². The molecule has 2 atom stereocenters. The molecule has 168 valence electrons. The van der Waals surface area contributed by atoms with Crippen molar-refractivity contribution >= 4 is 39.1 Å². The highest BCUT2D eigenvalue weighted by Gasteiger charge is 2.33. The molecular weight excluding hydrogens is 464 g/mol. The molecule has 1 saturated heterocycles. The maximum atomic E-state index is 13.1. The number of sulfonamides is 1. The summed E-state index contributed by atoms with van der Waals surface area (Å²) < 4.78 is 40.4. The number of nitrogens with zero attached hydrogens (tertiary/aromatic N) is 2. The SMILES string of the molecule is CC(NC(=O)C(C)N1CCN(S(=O)(=O)c2cccc(Cl)c2Cl)CC1)c1ccc(F)cc1. The molecule has 1 amide bonds. The lowest BCUT2D eigenvalue weighted by molar-refractivity contribution is -0.127. The maximum Gasteiger partial charge on any atom is 0.244 e. The van der Waals surface area contributed by atoms with E-state index < -0.39 is 16.1 Å². The van der Waals surface area contributed by atoms with Gasteiger partial charge in [0.05, 0.1) is 22.1 Å². The van der Waals surface area contributed by atoms with Crippen molar-refractivity contribution in [2.45, 2.75) is 30.8 Å². The van der Waals surface area contributed by atoms with Crippen LogP contribution in [0.1, 0.15) is 25.5 Å². The van der Waals surface area contributed by atoms with Crippen LogP contribution in [-0.2, 0) is 14.8 Å². The van der Waals surface area contributed by atoms with E-state index in [1.54, 1.807) is 25.1 Å². The van der Waals surface area contributed by atoms with Gasteiger partial charge in [-0.15, -0.1) is 0 Å². The van der Waals surface area contributed by atoms with E-state index in [0.29, 0.717) is 13.1 Å². The molecule has 3 rings (SSSR count). The van der Waals surface area contributed by atoms with Crippen LogP contribution >= 0.6 is 23.2 Å². The Balaban J connectivity index is 1.60. The molecule has 2 aromatic rings. The van der Waals surface area contributed by atoms with Crippen molar-refractivity contribution in [3.05, 3.63) is 63.9 Å². The number of piperazine rings is 1. The summed E-state index contributed by atoms with van der Waals surface area (Å²) in [6.07, 6.45) is 0. The third kappa shape index (κ3) is 5.38. The summed E-state index contributed by atoms with van der Waals surface area (Å²) in [5.41, 5.74) is 0.802. The first-order chi connectivity index (χ1) is 14.6. The van der Waals surface area contributed by atoms with Crippen molar-refractivity contribution in [3.63, 3.8) is 0 Å². The number of nitrogens with one attached hydrogen (secondary N) is 1. The first-order valence-electron chi connectivity index (χ1n) is 9.85. The Kier molecular flexibility index (Phi) is 7.59. The predicted molar refractivity (Wildman–Crippen MR) is 119 cm³/mol. The van der Waals surface area contributed by atoms with Crippen LogP contribution in [0.4, 0.5) is 4.39 Å². The van der Waals surface area contributed by atoms with Crippen LogP contribution in [0.25, 0.3) is 0 Å². The van der Waals surface area contributed by atoms with Crippen LogP contribution < -0.4 is 5.32 Å². The molecule has 31 heavy (non-hydrogen) atoms. The lowest BCUT2D eigenvalue weighted by Gasteiger charge is -2.37. The van der Waals surface area contributed by atoms with E-state index >= 15 is 0 Å². The number of carbonyl (C=O) groups is 1. The van der Waals surface area contributed by atoms with E-state index in [4.69, 9.17) is 23.2 Å². The highest BCUT2D eigenvalue weighted by molar-refractivity contribution is 7.89. The molecule has 1 N–H and O–H groups in total. The van der Waals surface area contributed by atoms with Crippen LogP contribution in [0.2, 0.25) is 10.0 Å². The predicted octanol–water partition coefficient (Wildman–Crippen LogP) is 3.70. The number of hydrogen-bond acceptors (Lipinski definition) is 4. The molecule has 6 nitrogen and oxygen atoms in total. The molecule has 0 saturated carbocycles. The van der Waals surface area contributed by atoms with Crippen molar-refractivity contribution in [3.8, 4) is 0 Å². The van der Waals surface area contributed by atoms with Gasteiger partial charge in [-0.05, 0) is 43.7 Å². The summed E-state index contributed by atoms with van der Waals surface area (Å²) in [6.45, 7) is 4.88. The zero-order valence-electron chi connectivity index (χ0n) is 17.2. The van der Waals surface area contributed by atoms with Crippen LogP contribution in [0, 0.1) is 5.82 Å². The summed E-state index contributed by atoms with van der Waals surface area (Å²) in [6, 6.07) is 9.78. The summed E-state index contributed by atoms with van der Waals surface area (Å²) in [7, 11) is -3.78. The third-order valence-corrected chi connectivity index (χ3v) is 8.34. The fourth-order valence-electron chi connectivity index (χ4n) is 3.49. The molecule has 1 aliphatic rings. The molecule has 2 aromatic carbocycles. The first-order valence-corrected chi connectivity index (χ1v) is 12.0. The average molecular weight is 488 g/mol. The van der Waals surface area contributed by atoms with Gasteiger partial charge in [0.15, 0.2) is 0 Å². The number of halogens is 3. The zero-order chi connectivity index (χ0) is 22.8. The van der Waals surface area contributed by atoms with Gasteiger partial charge >= 0.3 is 0 Å². The molecule has 1 heterocycles. The largest absolute Gasteiger partial charge is 0.348 e. The van der Waals surface area contributed by atoms with Crippen LogP contribution in [0.5, 0.6) is 0 Å². The van der Waals surface area contributed by atoms with E-state index in [2.05, 4.69) is 5.32 Å². The molecule has 0 aliphatic carbocycles. The van der Waals surface area contributed by atoms with Gasteiger partial charge in [0.1, 0.15) is 10.7 Å². The highest BCUT2D eigenvalue weighted by atomic mass is 35.5. The van der Waals surface area contributed by atoms with Crippen molar-refractivity contribution < 1.29 is 17.6 Å². The van der Waals surface area contributed by atoms with Crippen molar-refractivity contribution in [2.24, 2.45) is 0 Å². The third-order valence-electron chi connectivity index (χ3n) is 5.46. The van der Waals surface area contributed by atoms with Crippen LogP contribution in [0.15, 0.2) is 47.4 Å².